The van der Waals surface area contributed by atoms with Crippen LogP contribution in [-0.4, -0.2) is 22.8 Å². The molecule has 0 aliphatic rings. The molecule has 0 aliphatic heterocycles. The van der Waals surface area contributed by atoms with E-state index >= 15 is 0 Å². The van der Waals surface area contributed by atoms with Crippen LogP contribution in [-0.2, 0) is 6.73 Å². The van der Waals surface area contributed by atoms with E-state index in [2.05, 4.69) is 10.4 Å². The maximum absolute atomic E-state index is 13.2. The van der Waals surface area contributed by atoms with Gasteiger partial charge in [0.2, 0.25) is 0 Å². The van der Waals surface area contributed by atoms with Crippen LogP contribution in [0.2, 0.25) is 5.02 Å². The van der Waals surface area contributed by atoms with Crippen molar-refractivity contribution in [2.24, 2.45) is 0 Å². The van der Waals surface area contributed by atoms with E-state index in [-0.39, 0.29) is 23.4 Å². The zero-order valence-electron chi connectivity index (χ0n) is 14.7. The van der Waals surface area contributed by atoms with E-state index in [0.29, 0.717) is 17.2 Å². The number of methoxy groups -OCH3 is 1. The van der Waals surface area contributed by atoms with Gasteiger partial charge in [-0.05, 0) is 42.8 Å². The summed E-state index contributed by atoms with van der Waals surface area (Å²) in [5.74, 6) is 0.0634. The molecule has 1 amide bonds. The zero-order valence-corrected chi connectivity index (χ0v) is 15.5. The Labute approximate surface area is 160 Å². The summed E-state index contributed by atoms with van der Waals surface area (Å²) in [6.07, 6.45) is 1.60. The molecule has 1 N–H and O–H groups in total. The summed E-state index contributed by atoms with van der Waals surface area (Å²) in [7, 11) is 1.54. The Balaban J connectivity index is 1.65. The minimum Gasteiger partial charge on any atom is -0.495 e. The van der Waals surface area contributed by atoms with E-state index in [0.717, 1.165) is 5.56 Å². The first-order chi connectivity index (χ1) is 13.0. The van der Waals surface area contributed by atoms with Crippen LogP contribution in [0.25, 0.3) is 0 Å². The molecule has 0 saturated heterocycles. The number of anilines is 1. The van der Waals surface area contributed by atoms with Gasteiger partial charge in [-0.15, -0.1) is 0 Å². The molecule has 3 rings (SSSR count). The summed E-state index contributed by atoms with van der Waals surface area (Å²) in [6.45, 7) is 1.96. The molecule has 0 radical (unpaired) electrons. The number of amides is 1. The summed E-state index contributed by atoms with van der Waals surface area (Å²) < 4.78 is 25.3. The third kappa shape index (κ3) is 4.57. The molecule has 3 aromatic rings. The molecular weight excluding hydrogens is 373 g/mol. The molecule has 0 saturated carbocycles. The van der Waals surface area contributed by atoms with Gasteiger partial charge in [0.15, 0.2) is 12.4 Å². The Bertz CT molecular complexity index is 975. The van der Waals surface area contributed by atoms with Crippen LogP contribution < -0.4 is 14.8 Å². The average Bonchev–Trinajstić information content (AvgIpc) is 3.12. The number of aryl methyl sites for hydroxylation is 1. The second-order valence-electron chi connectivity index (χ2n) is 5.75. The fourth-order valence-corrected chi connectivity index (χ4v) is 2.54. The van der Waals surface area contributed by atoms with E-state index in [1.165, 1.54) is 30.0 Å². The molecule has 1 aromatic heterocycles. The van der Waals surface area contributed by atoms with E-state index in [1.54, 1.807) is 18.3 Å². The number of hydrogen-bond acceptors (Lipinski definition) is 4. The number of nitrogens with zero attached hydrogens (tertiary/aromatic N) is 2. The molecule has 2 aromatic carbocycles. The number of benzene rings is 2. The highest BCUT2D eigenvalue weighted by molar-refractivity contribution is 6.30. The first-order valence-electron chi connectivity index (χ1n) is 8.03. The third-order valence-electron chi connectivity index (χ3n) is 3.73. The second-order valence-corrected chi connectivity index (χ2v) is 6.15. The first kappa shape index (κ1) is 18.7. The Kier molecular flexibility index (Phi) is 5.61. The summed E-state index contributed by atoms with van der Waals surface area (Å²) >= 11 is 5.71. The van der Waals surface area contributed by atoms with E-state index in [1.807, 2.05) is 19.1 Å². The zero-order chi connectivity index (χ0) is 19.4. The van der Waals surface area contributed by atoms with Gasteiger partial charge in [-0.3, -0.25) is 4.79 Å². The molecule has 0 fully saturated rings. The first-order valence-corrected chi connectivity index (χ1v) is 8.41. The van der Waals surface area contributed by atoms with Crippen molar-refractivity contribution in [1.29, 1.82) is 0 Å². The molecule has 0 atom stereocenters. The number of hydrogen-bond donors (Lipinski definition) is 1. The summed E-state index contributed by atoms with van der Waals surface area (Å²) in [6, 6.07) is 11.1. The van der Waals surface area contributed by atoms with E-state index in [4.69, 9.17) is 21.1 Å². The minimum absolute atomic E-state index is 0.0277. The van der Waals surface area contributed by atoms with Gasteiger partial charge >= 0.3 is 0 Å². The number of halogens is 2. The Hall–Kier alpha value is -3.06. The number of ether oxygens (including phenoxy) is 2. The number of rotatable bonds is 6. The molecule has 0 aliphatic carbocycles. The molecule has 1 heterocycles. The van der Waals surface area contributed by atoms with Crippen LogP contribution in [0.4, 0.5) is 10.1 Å². The third-order valence-corrected chi connectivity index (χ3v) is 4.02. The van der Waals surface area contributed by atoms with E-state index < -0.39 is 5.82 Å². The lowest BCUT2D eigenvalue weighted by molar-refractivity contribution is 0.102. The predicted octanol–water partition coefficient (Wildman–Crippen LogP) is 4.28. The normalized spacial score (nSPS) is 10.5. The van der Waals surface area contributed by atoms with Gasteiger partial charge < -0.3 is 14.8 Å². The van der Waals surface area contributed by atoms with Crippen molar-refractivity contribution in [2.75, 3.05) is 12.4 Å². The highest BCUT2D eigenvalue weighted by atomic mass is 35.5. The lowest BCUT2D eigenvalue weighted by atomic mass is 10.2. The number of nitrogens with one attached hydrogen (secondary N) is 1. The van der Waals surface area contributed by atoms with Crippen LogP contribution in [0, 0.1) is 12.7 Å². The maximum atomic E-state index is 13.2. The highest BCUT2D eigenvalue weighted by Crippen LogP contribution is 2.25. The van der Waals surface area contributed by atoms with Crippen LogP contribution in [0.5, 0.6) is 11.5 Å². The average molecular weight is 390 g/mol. The second kappa shape index (κ2) is 8.09. The molecule has 0 spiro atoms. The van der Waals surface area contributed by atoms with Crippen molar-refractivity contribution >= 4 is 23.2 Å². The van der Waals surface area contributed by atoms with Gasteiger partial charge in [0.05, 0.1) is 17.8 Å². The van der Waals surface area contributed by atoms with Gasteiger partial charge in [-0.1, -0.05) is 17.7 Å². The van der Waals surface area contributed by atoms with Gasteiger partial charge in [0.1, 0.15) is 17.3 Å². The van der Waals surface area contributed by atoms with Gasteiger partial charge in [-0.25, -0.2) is 9.07 Å². The molecule has 8 heteroatoms. The summed E-state index contributed by atoms with van der Waals surface area (Å²) in [5.41, 5.74) is 1.77. The van der Waals surface area contributed by atoms with Crippen molar-refractivity contribution in [2.45, 2.75) is 13.7 Å². The summed E-state index contributed by atoms with van der Waals surface area (Å²) in [4.78, 5) is 12.4. The van der Waals surface area contributed by atoms with Gasteiger partial charge in [-0.2, -0.15) is 5.10 Å². The summed E-state index contributed by atoms with van der Waals surface area (Å²) in [5, 5.41) is 6.92. The van der Waals surface area contributed by atoms with Gasteiger partial charge in [0.25, 0.3) is 5.91 Å². The largest absolute Gasteiger partial charge is 0.495 e. The Morgan fingerprint density at radius 2 is 2.07 bits per heavy atom. The number of carbonyl (C=O) groups excluding carboxylic acids is 1. The van der Waals surface area contributed by atoms with Crippen LogP contribution in [0.15, 0.2) is 48.7 Å². The molecule has 27 heavy (non-hydrogen) atoms. The standard InChI is InChI=1S/C19H17ClFN3O3/c1-12-3-6-18(26-2)17(9-12)22-19(25)16-7-8-24(23-16)11-27-13-4-5-15(21)14(20)10-13/h3-10H,11H2,1-2H3,(H,22,25). The van der Waals surface area contributed by atoms with E-state index in [9.17, 15) is 9.18 Å². The van der Waals surface area contributed by atoms with Gasteiger partial charge in [0, 0.05) is 12.3 Å². The predicted molar refractivity (Wildman–Crippen MR) is 99.9 cm³/mol. The molecule has 0 bridgehead atoms. The molecular formula is C19H17ClFN3O3. The monoisotopic (exact) mass is 389 g/mol. The topological polar surface area (TPSA) is 65.4 Å². The fraction of sp³-hybridized carbons (Fsp3) is 0.158. The van der Waals surface area contributed by atoms with Crippen LogP contribution in [0.1, 0.15) is 16.1 Å². The van der Waals surface area contributed by atoms with Crippen molar-refractivity contribution in [3.05, 3.63) is 70.8 Å². The van der Waals surface area contributed by atoms with Crippen molar-refractivity contribution in [3.8, 4) is 11.5 Å². The van der Waals surface area contributed by atoms with Crippen LogP contribution >= 0.6 is 11.6 Å². The lowest BCUT2D eigenvalue weighted by Crippen LogP contribution is -2.15. The number of aromatic nitrogens is 2. The highest BCUT2D eigenvalue weighted by Gasteiger charge is 2.13. The fourth-order valence-electron chi connectivity index (χ4n) is 2.37. The smallest absolute Gasteiger partial charge is 0.276 e. The SMILES string of the molecule is COc1ccc(C)cc1NC(=O)c1ccn(COc2ccc(F)c(Cl)c2)n1. The molecule has 6 nitrogen and oxygen atoms in total. The van der Waals surface area contributed by atoms with Crippen molar-refractivity contribution in [1.82, 2.24) is 9.78 Å². The van der Waals surface area contributed by atoms with Crippen LogP contribution in [0.3, 0.4) is 0 Å². The Morgan fingerprint density at radius 1 is 1.26 bits per heavy atom. The number of carbonyl (C=O) groups is 1. The molecule has 0 unspecified atom stereocenters. The lowest BCUT2D eigenvalue weighted by Gasteiger charge is -2.10. The Morgan fingerprint density at radius 3 is 2.81 bits per heavy atom. The maximum Gasteiger partial charge on any atom is 0.276 e. The minimum atomic E-state index is -0.520. The van der Waals surface area contributed by atoms with Crippen molar-refractivity contribution < 1.29 is 18.7 Å². The molecule has 140 valence electrons. The quantitative estimate of drug-likeness (QED) is 0.683. The van der Waals surface area contributed by atoms with Crippen molar-refractivity contribution in [3.63, 3.8) is 0 Å².